The number of aliphatic imine (C=N–C) groups is 1. The Kier molecular flexibility index (Phi) is 6.93. The van der Waals surface area contributed by atoms with Gasteiger partial charge in [-0.2, -0.15) is 0 Å². The van der Waals surface area contributed by atoms with Crippen LogP contribution < -0.4 is 0 Å². The van der Waals surface area contributed by atoms with Crippen LogP contribution in [0.3, 0.4) is 0 Å². The summed E-state index contributed by atoms with van der Waals surface area (Å²) in [6, 6.07) is 7.30. The number of nitrogens with zero attached hydrogens (tertiary/aromatic N) is 1. The summed E-state index contributed by atoms with van der Waals surface area (Å²) in [7, 11) is 0. The first-order valence-electron chi connectivity index (χ1n) is 11.7. The first-order chi connectivity index (χ1) is 15.8. The number of Topliss-reactive ketones (excluding diaryl/α,β-unsaturated/α-hetero) is 1. The molecule has 2 aromatic rings. The van der Waals surface area contributed by atoms with Crippen LogP contribution in [0, 0.1) is 31.1 Å². The number of aliphatic hydroxyl groups excluding tert-OH is 1. The molecule has 2 aliphatic rings. The van der Waals surface area contributed by atoms with E-state index in [1.165, 1.54) is 0 Å². The number of fused-ring (bicyclic) bond motifs is 1. The molecule has 1 unspecified atom stereocenters. The highest BCUT2D eigenvalue weighted by atomic mass is 35.5. The van der Waals surface area contributed by atoms with Gasteiger partial charge in [0.25, 0.3) is 0 Å². The van der Waals surface area contributed by atoms with E-state index in [0.29, 0.717) is 28.5 Å². The van der Waals surface area contributed by atoms with Gasteiger partial charge in [0.05, 0.1) is 11.3 Å². The first-order valence-corrected chi connectivity index (χ1v) is 12.1. The van der Waals surface area contributed by atoms with E-state index in [-0.39, 0.29) is 30.0 Å². The second-order valence-electron chi connectivity index (χ2n) is 9.39. The zero-order valence-corrected chi connectivity index (χ0v) is 20.0. The zero-order chi connectivity index (χ0) is 23.7. The van der Waals surface area contributed by atoms with E-state index in [9.17, 15) is 9.90 Å². The van der Waals surface area contributed by atoms with Gasteiger partial charge >= 0.3 is 0 Å². The van der Waals surface area contributed by atoms with Crippen molar-refractivity contribution in [2.75, 3.05) is 6.61 Å². The lowest BCUT2D eigenvalue weighted by molar-refractivity contribution is 0.0861. The van der Waals surface area contributed by atoms with E-state index >= 15 is 0 Å². The maximum Gasteiger partial charge on any atom is 0.169 e. The van der Waals surface area contributed by atoms with Crippen molar-refractivity contribution in [2.24, 2.45) is 16.8 Å². The largest absolute Gasteiger partial charge is 0.507 e. The highest BCUT2D eigenvalue weighted by Gasteiger charge is 2.31. The number of ketones is 1. The van der Waals surface area contributed by atoms with Crippen molar-refractivity contribution in [3.8, 4) is 18.1 Å². The highest BCUT2D eigenvalue weighted by Crippen LogP contribution is 2.42. The molecule has 1 atom stereocenters. The molecule has 0 amide bonds. The number of terminal acetylenes is 1. The van der Waals surface area contributed by atoms with Gasteiger partial charge < -0.3 is 10.2 Å². The summed E-state index contributed by atoms with van der Waals surface area (Å²) in [5, 5.41) is 20.7. The fourth-order valence-corrected chi connectivity index (χ4v) is 5.48. The molecule has 0 spiro atoms. The van der Waals surface area contributed by atoms with E-state index in [2.05, 4.69) is 12.8 Å². The van der Waals surface area contributed by atoms with Gasteiger partial charge in [0.1, 0.15) is 5.75 Å². The lowest BCUT2D eigenvalue weighted by atomic mass is 9.77. The van der Waals surface area contributed by atoms with Crippen LogP contribution in [0.2, 0.25) is 5.02 Å². The number of rotatable bonds is 6. The zero-order valence-electron chi connectivity index (χ0n) is 19.2. The Morgan fingerprint density at radius 1 is 1.24 bits per heavy atom. The van der Waals surface area contributed by atoms with Gasteiger partial charge in [-0.25, -0.2) is 0 Å². The third-order valence-electron chi connectivity index (χ3n) is 7.32. The second kappa shape index (κ2) is 9.71. The number of benzene rings is 2. The van der Waals surface area contributed by atoms with Crippen LogP contribution >= 0.6 is 11.6 Å². The molecule has 0 saturated heterocycles. The van der Waals surface area contributed by atoms with Gasteiger partial charge in [0.15, 0.2) is 5.78 Å². The van der Waals surface area contributed by atoms with Crippen molar-refractivity contribution in [3.63, 3.8) is 0 Å². The minimum atomic E-state index is -0.100. The normalized spacial score (nSPS) is 21.9. The number of phenols is 1. The standard InChI is InChI=1S/C28H30ClNO3/c1-4-18-13-16(2)26-22(14-18)17(3)25(30-26)15-23-24(29)10-9-21(28(23)33)27(32)20-7-5-19(6-8-20)11-12-31/h1,9-10,13-14,17,19-20,31,33H,5-8,11-12,15H2,2-3H3. The Labute approximate surface area is 200 Å². The van der Waals surface area contributed by atoms with Crippen molar-refractivity contribution < 1.29 is 15.0 Å². The maximum absolute atomic E-state index is 13.2. The summed E-state index contributed by atoms with van der Waals surface area (Å²) in [5.41, 5.74) is 5.65. The minimum absolute atomic E-state index is 0.0212. The predicted molar refractivity (Wildman–Crippen MR) is 133 cm³/mol. The number of aliphatic hydroxyl groups is 1. The summed E-state index contributed by atoms with van der Waals surface area (Å²) in [6.07, 6.45) is 10.2. The Bertz CT molecular complexity index is 1150. The molecule has 33 heavy (non-hydrogen) atoms. The molecule has 0 aromatic heterocycles. The molecule has 1 aliphatic heterocycles. The van der Waals surface area contributed by atoms with Gasteiger partial charge in [-0.3, -0.25) is 9.79 Å². The number of phenolic OH excluding ortho intramolecular Hbond substituents is 1. The van der Waals surface area contributed by atoms with Crippen LogP contribution in [0.1, 0.15) is 77.6 Å². The van der Waals surface area contributed by atoms with Gasteiger partial charge in [-0.1, -0.05) is 24.4 Å². The lowest BCUT2D eigenvalue weighted by Gasteiger charge is -2.27. The molecule has 0 radical (unpaired) electrons. The fraction of sp³-hybridized carbons (Fsp3) is 0.429. The Balaban J connectivity index is 1.57. The molecule has 1 fully saturated rings. The molecule has 1 saturated carbocycles. The van der Waals surface area contributed by atoms with Crippen LogP contribution in [-0.2, 0) is 6.42 Å². The first kappa shape index (κ1) is 23.5. The number of aryl methyl sites for hydroxylation is 1. The minimum Gasteiger partial charge on any atom is -0.507 e. The summed E-state index contributed by atoms with van der Waals surface area (Å²) in [5.74, 6) is 3.07. The van der Waals surface area contributed by atoms with Gasteiger partial charge in [0, 0.05) is 46.7 Å². The molecule has 172 valence electrons. The quantitative estimate of drug-likeness (QED) is 0.399. The van der Waals surface area contributed by atoms with Crippen molar-refractivity contribution >= 4 is 28.8 Å². The topological polar surface area (TPSA) is 69.9 Å². The van der Waals surface area contributed by atoms with E-state index in [0.717, 1.165) is 60.2 Å². The summed E-state index contributed by atoms with van der Waals surface area (Å²) in [6.45, 7) is 4.27. The van der Waals surface area contributed by atoms with Crippen molar-refractivity contribution in [1.29, 1.82) is 0 Å². The number of aromatic hydroxyl groups is 1. The molecule has 2 aromatic carbocycles. The van der Waals surface area contributed by atoms with Crippen molar-refractivity contribution in [1.82, 2.24) is 0 Å². The van der Waals surface area contributed by atoms with Crippen molar-refractivity contribution in [2.45, 2.75) is 58.3 Å². The molecule has 1 heterocycles. The maximum atomic E-state index is 13.2. The number of carbonyl (C=O) groups is 1. The van der Waals surface area contributed by atoms with E-state index in [1.54, 1.807) is 12.1 Å². The summed E-state index contributed by atoms with van der Waals surface area (Å²) in [4.78, 5) is 18.1. The molecular formula is C28H30ClNO3. The average molecular weight is 464 g/mol. The molecule has 1 aliphatic carbocycles. The average Bonchev–Trinajstić information content (AvgIpc) is 3.13. The predicted octanol–water partition coefficient (Wildman–Crippen LogP) is 6.14. The Morgan fingerprint density at radius 3 is 2.64 bits per heavy atom. The third kappa shape index (κ3) is 4.58. The number of hydrogen-bond acceptors (Lipinski definition) is 4. The summed E-state index contributed by atoms with van der Waals surface area (Å²) >= 11 is 6.49. The monoisotopic (exact) mass is 463 g/mol. The van der Waals surface area contributed by atoms with Gasteiger partial charge in [-0.05, 0) is 80.3 Å². The van der Waals surface area contributed by atoms with Crippen LogP contribution in [0.15, 0.2) is 29.3 Å². The molecule has 2 N–H and O–H groups in total. The lowest BCUT2D eigenvalue weighted by Crippen LogP contribution is -2.23. The smallest absolute Gasteiger partial charge is 0.169 e. The van der Waals surface area contributed by atoms with Crippen LogP contribution in [0.25, 0.3) is 0 Å². The number of halogens is 1. The Morgan fingerprint density at radius 2 is 1.97 bits per heavy atom. The van der Waals surface area contributed by atoms with E-state index in [1.807, 2.05) is 19.1 Å². The van der Waals surface area contributed by atoms with Gasteiger partial charge in [-0.15, -0.1) is 6.42 Å². The summed E-state index contributed by atoms with van der Waals surface area (Å²) < 4.78 is 0. The fourth-order valence-electron chi connectivity index (χ4n) is 5.26. The van der Waals surface area contributed by atoms with E-state index < -0.39 is 0 Å². The van der Waals surface area contributed by atoms with Gasteiger partial charge in [0.2, 0.25) is 0 Å². The molecular weight excluding hydrogens is 434 g/mol. The number of carbonyl (C=O) groups excluding carboxylic acids is 1. The molecule has 5 heteroatoms. The van der Waals surface area contributed by atoms with Crippen LogP contribution in [0.4, 0.5) is 5.69 Å². The second-order valence-corrected chi connectivity index (χ2v) is 9.80. The SMILES string of the molecule is C#Cc1cc(C)c2c(c1)C(C)C(Cc1c(Cl)ccc(C(=O)C3CCC(CCO)CC3)c1O)=N2. The molecule has 4 rings (SSSR count). The number of hydrogen-bond donors (Lipinski definition) is 2. The third-order valence-corrected chi connectivity index (χ3v) is 7.68. The van der Waals surface area contributed by atoms with Crippen LogP contribution in [0.5, 0.6) is 5.75 Å². The van der Waals surface area contributed by atoms with E-state index in [4.69, 9.17) is 28.1 Å². The Hall–Kier alpha value is -2.61. The highest BCUT2D eigenvalue weighted by molar-refractivity contribution is 6.32. The molecule has 0 bridgehead atoms. The van der Waals surface area contributed by atoms with Crippen molar-refractivity contribution in [3.05, 3.63) is 57.1 Å². The van der Waals surface area contributed by atoms with Crippen LogP contribution in [-0.4, -0.2) is 28.3 Å². The molecule has 4 nitrogen and oxygen atoms in total.